The van der Waals surface area contributed by atoms with Crippen LogP contribution >= 0.6 is 0 Å². The van der Waals surface area contributed by atoms with Gasteiger partial charge in [-0.1, -0.05) is 12.1 Å². The second-order valence-electron chi connectivity index (χ2n) is 4.00. The molecule has 0 radical (unpaired) electrons. The molecule has 2 rings (SSSR count). The number of nitrogens with two attached hydrogens (primary N) is 1. The highest BCUT2D eigenvalue weighted by Gasteiger charge is 2.33. The maximum absolute atomic E-state index is 14.0. The van der Waals surface area contributed by atoms with Crippen LogP contribution in [0.25, 0.3) is 0 Å². The molecule has 1 fully saturated rings. The molecule has 0 amide bonds. The summed E-state index contributed by atoms with van der Waals surface area (Å²) in [6.45, 7) is 1.25. The van der Waals surface area contributed by atoms with E-state index in [1.165, 1.54) is 0 Å². The molecule has 0 saturated carbocycles. The van der Waals surface area contributed by atoms with E-state index in [4.69, 9.17) is 5.73 Å². The van der Waals surface area contributed by atoms with Crippen LogP contribution in [0, 0.1) is 0 Å². The molecule has 1 saturated heterocycles. The van der Waals surface area contributed by atoms with Gasteiger partial charge in [-0.05, 0) is 30.7 Å². The molecular formula is C11H15FN2. The highest BCUT2D eigenvalue weighted by Crippen LogP contribution is 2.25. The molecular weight excluding hydrogens is 179 g/mol. The topological polar surface area (TPSA) is 38.0 Å². The first-order chi connectivity index (χ1) is 6.68. The fourth-order valence-electron chi connectivity index (χ4n) is 1.87. The lowest BCUT2D eigenvalue weighted by Gasteiger charge is -2.17. The minimum absolute atomic E-state index is 0.470. The first-order valence-corrected chi connectivity index (χ1v) is 4.92. The van der Waals surface area contributed by atoms with Crippen LogP contribution < -0.4 is 11.1 Å². The molecule has 1 aromatic carbocycles. The molecule has 1 aliphatic heterocycles. The molecule has 1 aliphatic rings. The van der Waals surface area contributed by atoms with Crippen molar-refractivity contribution in [1.29, 1.82) is 0 Å². The molecule has 14 heavy (non-hydrogen) atoms. The molecule has 0 aromatic heterocycles. The van der Waals surface area contributed by atoms with E-state index in [2.05, 4.69) is 5.32 Å². The number of alkyl halides is 1. The average molecular weight is 194 g/mol. The van der Waals surface area contributed by atoms with E-state index in [9.17, 15) is 4.39 Å². The van der Waals surface area contributed by atoms with Crippen LogP contribution in [0.3, 0.4) is 0 Å². The second-order valence-corrected chi connectivity index (χ2v) is 4.00. The molecule has 2 nitrogen and oxygen atoms in total. The van der Waals surface area contributed by atoms with Gasteiger partial charge in [0.1, 0.15) is 5.67 Å². The Morgan fingerprint density at radius 3 is 2.64 bits per heavy atom. The predicted molar refractivity (Wildman–Crippen MR) is 55.9 cm³/mol. The summed E-state index contributed by atoms with van der Waals surface area (Å²) in [5, 5.41) is 3.04. The summed E-state index contributed by atoms with van der Waals surface area (Å²) >= 11 is 0. The van der Waals surface area contributed by atoms with Gasteiger partial charge in [-0.3, -0.25) is 0 Å². The number of anilines is 1. The molecule has 1 aromatic rings. The van der Waals surface area contributed by atoms with Crippen molar-refractivity contribution in [3.8, 4) is 0 Å². The van der Waals surface area contributed by atoms with Crippen molar-refractivity contribution >= 4 is 5.69 Å². The Balaban J connectivity index is 2.06. The largest absolute Gasteiger partial charge is 0.399 e. The fourth-order valence-corrected chi connectivity index (χ4v) is 1.87. The van der Waals surface area contributed by atoms with Crippen LogP contribution in [0.5, 0.6) is 0 Å². The van der Waals surface area contributed by atoms with Crippen LogP contribution in [0.1, 0.15) is 12.0 Å². The minimum Gasteiger partial charge on any atom is -0.399 e. The van der Waals surface area contributed by atoms with Gasteiger partial charge in [-0.2, -0.15) is 0 Å². The summed E-state index contributed by atoms with van der Waals surface area (Å²) in [7, 11) is 0. The van der Waals surface area contributed by atoms with E-state index in [0.717, 1.165) is 17.8 Å². The van der Waals surface area contributed by atoms with Crippen molar-refractivity contribution in [1.82, 2.24) is 5.32 Å². The highest BCUT2D eigenvalue weighted by atomic mass is 19.1. The van der Waals surface area contributed by atoms with Crippen LogP contribution in [-0.4, -0.2) is 18.8 Å². The van der Waals surface area contributed by atoms with Gasteiger partial charge < -0.3 is 11.1 Å². The zero-order valence-corrected chi connectivity index (χ0v) is 8.09. The summed E-state index contributed by atoms with van der Waals surface area (Å²) in [5.41, 5.74) is 6.25. The van der Waals surface area contributed by atoms with E-state index in [1.807, 2.05) is 24.3 Å². The number of benzene rings is 1. The summed E-state index contributed by atoms with van der Waals surface area (Å²) < 4.78 is 14.0. The first-order valence-electron chi connectivity index (χ1n) is 4.92. The standard InChI is InChI=1S/C11H15FN2/c12-11(5-6-14-8-11)7-9-1-3-10(13)4-2-9/h1-4,14H,5-8,13H2. The number of hydrogen-bond acceptors (Lipinski definition) is 2. The summed E-state index contributed by atoms with van der Waals surface area (Å²) in [4.78, 5) is 0. The average Bonchev–Trinajstić information content (AvgIpc) is 2.57. The van der Waals surface area contributed by atoms with E-state index >= 15 is 0 Å². The molecule has 76 valence electrons. The Kier molecular flexibility index (Phi) is 2.42. The monoisotopic (exact) mass is 194 g/mol. The molecule has 3 heteroatoms. The number of hydrogen-bond donors (Lipinski definition) is 2. The van der Waals surface area contributed by atoms with Crippen LogP contribution in [0.4, 0.5) is 10.1 Å². The quantitative estimate of drug-likeness (QED) is 0.700. The van der Waals surface area contributed by atoms with Crippen molar-refractivity contribution in [2.75, 3.05) is 18.8 Å². The highest BCUT2D eigenvalue weighted by molar-refractivity contribution is 5.39. The number of nitrogen functional groups attached to an aromatic ring is 1. The SMILES string of the molecule is Nc1ccc(CC2(F)CCNC2)cc1. The van der Waals surface area contributed by atoms with E-state index < -0.39 is 5.67 Å². The normalized spacial score (nSPS) is 26.6. The van der Waals surface area contributed by atoms with Gasteiger partial charge in [0, 0.05) is 18.7 Å². The lowest BCUT2D eigenvalue weighted by atomic mass is 9.95. The minimum atomic E-state index is -1.06. The lowest BCUT2D eigenvalue weighted by molar-refractivity contribution is 0.190. The predicted octanol–water partition coefficient (Wildman–Crippen LogP) is 1.51. The maximum Gasteiger partial charge on any atom is 0.128 e. The molecule has 1 unspecified atom stereocenters. The second kappa shape index (κ2) is 3.58. The molecule has 0 spiro atoms. The molecule has 1 heterocycles. The van der Waals surface area contributed by atoms with Gasteiger partial charge in [0.05, 0.1) is 0 Å². The maximum atomic E-state index is 14.0. The van der Waals surface area contributed by atoms with Crippen molar-refractivity contribution in [2.24, 2.45) is 0 Å². The van der Waals surface area contributed by atoms with Gasteiger partial charge in [0.2, 0.25) is 0 Å². The summed E-state index contributed by atoms with van der Waals surface area (Å²) in [6, 6.07) is 7.44. The fraction of sp³-hybridized carbons (Fsp3) is 0.455. The Morgan fingerprint density at radius 1 is 1.36 bits per heavy atom. The van der Waals surface area contributed by atoms with E-state index in [-0.39, 0.29) is 0 Å². The first kappa shape index (κ1) is 9.46. The molecule has 3 N–H and O–H groups in total. The van der Waals surface area contributed by atoms with Crippen molar-refractivity contribution in [2.45, 2.75) is 18.5 Å². The molecule has 0 bridgehead atoms. The zero-order valence-electron chi connectivity index (χ0n) is 8.09. The Morgan fingerprint density at radius 2 is 2.07 bits per heavy atom. The van der Waals surface area contributed by atoms with Gasteiger partial charge in [0.25, 0.3) is 0 Å². The Labute approximate surface area is 83.3 Å². The third kappa shape index (κ3) is 2.04. The van der Waals surface area contributed by atoms with E-state index in [1.54, 1.807) is 0 Å². The summed E-state index contributed by atoms with van der Waals surface area (Å²) in [5.74, 6) is 0. The smallest absolute Gasteiger partial charge is 0.128 e. The lowest BCUT2D eigenvalue weighted by Crippen LogP contribution is -2.28. The molecule has 0 aliphatic carbocycles. The zero-order chi connectivity index (χ0) is 10.0. The van der Waals surface area contributed by atoms with Crippen LogP contribution in [0.15, 0.2) is 24.3 Å². The van der Waals surface area contributed by atoms with E-state index in [0.29, 0.717) is 19.4 Å². The number of nitrogens with one attached hydrogen (secondary N) is 1. The van der Waals surface area contributed by atoms with Gasteiger partial charge >= 0.3 is 0 Å². The van der Waals surface area contributed by atoms with Gasteiger partial charge in [-0.25, -0.2) is 4.39 Å². The van der Waals surface area contributed by atoms with Crippen LogP contribution in [-0.2, 0) is 6.42 Å². The Bertz CT molecular complexity index is 302. The third-order valence-corrected chi connectivity index (χ3v) is 2.69. The van der Waals surface area contributed by atoms with Crippen molar-refractivity contribution in [3.63, 3.8) is 0 Å². The van der Waals surface area contributed by atoms with Crippen LogP contribution in [0.2, 0.25) is 0 Å². The van der Waals surface area contributed by atoms with Gasteiger partial charge in [-0.15, -0.1) is 0 Å². The molecule has 1 atom stereocenters. The van der Waals surface area contributed by atoms with Crippen molar-refractivity contribution < 1.29 is 4.39 Å². The van der Waals surface area contributed by atoms with Gasteiger partial charge in [0.15, 0.2) is 0 Å². The van der Waals surface area contributed by atoms with Crippen molar-refractivity contribution in [3.05, 3.63) is 29.8 Å². The number of rotatable bonds is 2. The third-order valence-electron chi connectivity index (χ3n) is 2.69. The number of halogens is 1. The summed E-state index contributed by atoms with van der Waals surface area (Å²) in [6.07, 6.45) is 1.09. The Hall–Kier alpha value is -1.09.